The number of piperidine rings is 1. The number of hydrogen-bond donors (Lipinski definition) is 1. The fraction of sp³-hybridized carbons (Fsp3) is 0.429. The normalized spacial score (nSPS) is 16.0. The van der Waals surface area contributed by atoms with Gasteiger partial charge < -0.3 is 4.90 Å². The number of benzene rings is 1. The van der Waals surface area contributed by atoms with E-state index in [0.717, 1.165) is 61.2 Å². The van der Waals surface area contributed by atoms with Gasteiger partial charge in [-0.2, -0.15) is 5.10 Å². The lowest BCUT2D eigenvalue weighted by atomic mass is 10.0. The summed E-state index contributed by atoms with van der Waals surface area (Å²) in [4.78, 5) is 18.3. The molecule has 5 nitrogen and oxygen atoms in total. The summed E-state index contributed by atoms with van der Waals surface area (Å²) in [5.74, 6) is 0.204. The molecule has 142 valence electrons. The zero-order chi connectivity index (χ0) is 18.6. The van der Waals surface area contributed by atoms with Gasteiger partial charge in [-0.15, -0.1) is 11.3 Å². The van der Waals surface area contributed by atoms with Gasteiger partial charge in [-0.05, 0) is 42.3 Å². The van der Waals surface area contributed by atoms with Gasteiger partial charge in [0, 0.05) is 37.6 Å². The van der Waals surface area contributed by atoms with Crippen molar-refractivity contribution >= 4 is 28.1 Å². The zero-order valence-corrected chi connectivity index (χ0v) is 16.5. The van der Waals surface area contributed by atoms with Crippen LogP contribution in [0.4, 0.5) is 0 Å². The van der Waals surface area contributed by atoms with E-state index < -0.39 is 0 Å². The molecule has 0 bridgehead atoms. The fourth-order valence-corrected chi connectivity index (χ4v) is 4.64. The van der Waals surface area contributed by atoms with Gasteiger partial charge in [0.05, 0.1) is 16.6 Å². The topological polar surface area (TPSA) is 52.2 Å². The van der Waals surface area contributed by atoms with E-state index in [1.807, 2.05) is 23.7 Å². The van der Waals surface area contributed by atoms with Crippen molar-refractivity contribution in [1.29, 1.82) is 0 Å². The highest BCUT2D eigenvalue weighted by Gasteiger charge is 2.28. The molecule has 0 aliphatic carbocycles. The van der Waals surface area contributed by atoms with Crippen LogP contribution < -0.4 is 0 Å². The highest BCUT2D eigenvalue weighted by molar-refractivity contribution is 7.12. The van der Waals surface area contributed by atoms with Crippen LogP contribution in [-0.4, -0.2) is 51.6 Å². The van der Waals surface area contributed by atoms with Gasteiger partial charge in [0.2, 0.25) is 0 Å². The van der Waals surface area contributed by atoms with E-state index in [1.54, 1.807) is 11.3 Å². The SMILES string of the molecule is CCCN(C(=O)c1cccs1)C1CCN(Cc2ccc3cn[nH]c3c2)CC1. The minimum Gasteiger partial charge on any atom is -0.335 e. The van der Waals surface area contributed by atoms with Crippen LogP contribution >= 0.6 is 11.3 Å². The number of likely N-dealkylation sites (tertiary alicyclic amines) is 1. The summed E-state index contributed by atoms with van der Waals surface area (Å²) >= 11 is 1.54. The van der Waals surface area contributed by atoms with Crippen LogP contribution in [0.15, 0.2) is 41.9 Å². The molecule has 1 N–H and O–H groups in total. The monoisotopic (exact) mass is 382 g/mol. The third-order valence-electron chi connectivity index (χ3n) is 5.37. The molecule has 1 amide bonds. The maximum absolute atomic E-state index is 12.9. The molecule has 3 heterocycles. The van der Waals surface area contributed by atoms with E-state index in [1.165, 1.54) is 5.56 Å². The highest BCUT2D eigenvalue weighted by atomic mass is 32.1. The molecule has 0 spiro atoms. The summed E-state index contributed by atoms with van der Waals surface area (Å²) in [6, 6.07) is 10.8. The Morgan fingerprint density at radius 3 is 2.93 bits per heavy atom. The van der Waals surface area contributed by atoms with Gasteiger partial charge in [0.15, 0.2) is 0 Å². The van der Waals surface area contributed by atoms with E-state index in [4.69, 9.17) is 0 Å². The van der Waals surface area contributed by atoms with Gasteiger partial charge >= 0.3 is 0 Å². The molecular formula is C21H26N4OS. The second-order valence-corrected chi connectivity index (χ2v) is 8.22. The lowest BCUT2D eigenvalue weighted by molar-refractivity contribution is 0.0570. The van der Waals surface area contributed by atoms with Crippen LogP contribution in [0.2, 0.25) is 0 Å². The number of thiophene rings is 1. The van der Waals surface area contributed by atoms with Crippen LogP contribution in [0.1, 0.15) is 41.4 Å². The van der Waals surface area contributed by atoms with Crippen molar-refractivity contribution in [3.8, 4) is 0 Å². The van der Waals surface area contributed by atoms with Crippen molar-refractivity contribution in [2.45, 2.75) is 38.8 Å². The van der Waals surface area contributed by atoms with Crippen LogP contribution in [0.3, 0.4) is 0 Å². The number of rotatable bonds is 6. The highest BCUT2D eigenvalue weighted by Crippen LogP contribution is 2.23. The number of fused-ring (bicyclic) bond motifs is 1. The standard InChI is InChI=1S/C21H26N4OS/c1-2-9-25(21(26)20-4-3-12-27-20)18-7-10-24(11-8-18)15-16-5-6-17-14-22-23-19(17)13-16/h3-6,12-14,18H,2,7-11,15H2,1H3,(H,22,23). The number of carbonyl (C=O) groups excluding carboxylic acids is 1. The summed E-state index contributed by atoms with van der Waals surface area (Å²) < 4.78 is 0. The Morgan fingerprint density at radius 2 is 2.19 bits per heavy atom. The Balaban J connectivity index is 1.37. The van der Waals surface area contributed by atoms with E-state index in [-0.39, 0.29) is 5.91 Å². The maximum atomic E-state index is 12.9. The van der Waals surface area contributed by atoms with E-state index in [9.17, 15) is 4.79 Å². The first-order valence-electron chi connectivity index (χ1n) is 9.73. The minimum absolute atomic E-state index is 0.204. The molecule has 2 aromatic heterocycles. The van der Waals surface area contributed by atoms with Crippen molar-refractivity contribution in [2.75, 3.05) is 19.6 Å². The molecular weight excluding hydrogens is 356 g/mol. The molecule has 1 saturated heterocycles. The fourth-order valence-electron chi connectivity index (χ4n) is 3.96. The third kappa shape index (κ3) is 4.06. The minimum atomic E-state index is 0.204. The Hall–Kier alpha value is -2.18. The number of hydrogen-bond acceptors (Lipinski definition) is 4. The Labute approximate surface area is 164 Å². The Kier molecular flexibility index (Phi) is 5.55. The van der Waals surface area contributed by atoms with Crippen LogP contribution in [0.5, 0.6) is 0 Å². The maximum Gasteiger partial charge on any atom is 0.264 e. The van der Waals surface area contributed by atoms with E-state index in [0.29, 0.717) is 6.04 Å². The van der Waals surface area contributed by atoms with Crippen molar-refractivity contribution in [1.82, 2.24) is 20.0 Å². The lowest BCUT2D eigenvalue weighted by Crippen LogP contribution is -2.47. The predicted octanol–water partition coefficient (Wildman–Crippen LogP) is 4.14. The number of nitrogens with zero attached hydrogens (tertiary/aromatic N) is 3. The average Bonchev–Trinajstić information content (AvgIpc) is 3.38. The van der Waals surface area contributed by atoms with Gasteiger partial charge in [0.1, 0.15) is 0 Å². The predicted molar refractivity (Wildman–Crippen MR) is 110 cm³/mol. The molecule has 3 aromatic rings. The summed E-state index contributed by atoms with van der Waals surface area (Å²) in [6.45, 7) is 6.01. The number of aromatic nitrogens is 2. The van der Waals surface area contributed by atoms with Crippen LogP contribution in [-0.2, 0) is 6.54 Å². The Morgan fingerprint density at radius 1 is 1.33 bits per heavy atom. The second-order valence-electron chi connectivity index (χ2n) is 7.27. The van der Waals surface area contributed by atoms with Crippen molar-refractivity contribution in [2.24, 2.45) is 0 Å². The average molecular weight is 383 g/mol. The van der Waals surface area contributed by atoms with Crippen LogP contribution in [0.25, 0.3) is 10.9 Å². The molecule has 0 unspecified atom stereocenters. The van der Waals surface area contributed by atoms with Gasteiger partial charge in [0.25, 0.3) is 5.91 Å². The van der Waals surface area contributed by atoms with E-state index >= 15 is 0 Å². The van der Waals surface area contributed by atoms with Crippen molar-refractivity contribution in [3.63, 3.8) is 0 Å². The number of amides is 1. The largest absolute Gasteiger partial charge is 0.335 e. The molecule has 1 aliphatic rings. The second kappa shape index (κ2) is 8.23. The van der Waals surface area contributed by atoms with Gasteiger partial charge in [-0.25, -0.2) is 0 Å². The quantitative estimate of drug-likeness (QED) is 0.697. The molecule has 1 fully saturated rings. The first-order chi connectivity index (χ1) is 13.2. The molecule has 27 heavy (non-hydrogen) atoms. The molecule has 0 atom stereocenters. The number of nitrogens with one attached hydrogen (secondary N) is 1. The third-order valence-corrected chi connectivity index (χ3v) is 6.23. The summed E-state index contributed by atoms with van der Waals surface area (Å²) in [5.41, 5.74) is 2.41. The Bertz CT molecular complexity index is 881. The van der Waals surface area contributed by atoms with E-state index in [2.05, 4.69) is 45.1 Å². The first kappa shape index (κ1) is 18.2. The summed E-state index contributed by atoms with van der Waals surface area (Å²) in [5, 5.41) is 10.3. The smallest absolute Gasteiger partial charge is 0.264 e. The number of carbonyl (C=O) groups is 1. The summed E-state index contributed by atoms with van der Waals surface area (Å²) in [6.07, 6.45) is 4.95. The molecule has 0 saturated carbocycles. The molecule has 1 aliphatic heterocycles. The van der Waals surface area contributed by atoms with Crippen molar-refractivity contribution < 1.29 is 4.79 Å². The molecule has 6 heteroatoms. The van der Waals surface area contributed by atoms with Gasteiger partial charge in [-0.3, -0.25) is 14.8 Å². The molecule has 0 radical (unpaired) electrons. The lowest BCUT2D eigenvalue weighted by Gasteiger charge is -2.38. The molecule has 1 aromatic carbocycles. The number of aromatic amines is 1. The summed E-state index contributed by atoms with van der Waals surface area (Å²) in [7, 11) is 0. The zero-order valence-electron chi connectivity index (χ0n) is 15.7. The van der Waals surface area contributed by atoms with Gasteiger partial charge in [-0.1, -0.05) is 25.1 Å². The van der Waals surface area contributed by atoms with Crippen LogP contribution in [0, 0.1) is 0 Å². The number of H-pyrrole nitrogens is 1. The first-order valence-corrected chi connectivity index (χ1v) is 10.6. The van der Waals surface area contributed by atoms with Crippen molar-refractivity contribution in [3.05, 3.63) is 52.3 Å². The molecule has 4 rings (SSSR count).